The Kier molecular flexibility index (Phi) is 4.14. The fraction of sp³-hybridized carbons (Fsp3) is 0.429. The second-order valence-electron chi connectivity index (χ2n) is 4.52. The number of piperidine rings is 1. The number of amides is 1. The monoisotopic (exact) mass is 265 g/mol. The van der Waals surface area contributed by atoms with Gasteiger partial charge in [0.2, 0.25) is 5.91 Å². The third-order valence-corrected chi connectivity index (χ3v) is 3.30. The van der Waals surface area contributed by atoms with E-state index < -0.39 is 5.92 Å². The van der Waals surface area contributed by atoms with Gasteiger partial charge in [0, 0.05) is 18.9 Å². The minimum atomic E-state index is -0.414. The summed E-state index contributed by atoms with van der Waals surface area (Å²) in [5.74, 6) is -1.43. The molecule has 1 heterocycles. The van der Waals surface area contributed by atoms with Crippen LogP contribution in [0.3, 0.4) is 0 Å². The van der Waals surface area contributed by atoms with E-state index in [1.54, 1.807) is 19.1 Å². The molecular weight excluding hydrogens is 249 g/mol. The van der Waals surface area contributed by atoms with E-state index in [0.717, 1.165) is 5.56 Å². The van der Waals surface area contributed by atoms with E-state index >= 15 is 0 Å². The van der Waals surface area contributed by atoms with Crippen molar-refractivity contribution in [2.75, 3.05) is 13.2 Å². The van der Waals surface area contributed by atoms with Crippen molar-refractivity contribution in [2.24, 2.45) is 5.92 Å². The van der Waals surface area contributed by atoms with Gasteiger partial charge in [0.1, 0.15) is 5.82 Å². The van der Waals surface area contributed by atoms with Gasteiger partial charge in [0.25, 0.3) is 0 Å². The lowest BCUT2D eigenvalue weighted by atomic mass is 9.81. The van der Waals surface area contributed by atoms with Crippen molar-refractivity contribution in [1.82, 2.24) is 5.32 Å². The smallest absolute Gasteiger partial charge is 0.311 e. The maximum absolute atomic E-state index is 12.9. The quantitative estimate of drug-likeness (QED) is 0.845. The van der Waals surface area contributed by atoms with Gasteiger partial charge in [-0.05, 0) is 24.6 Å². The second-order valence-corrected chi connectivity index (χ2v) is 4.52. The molecule has 2 atom stereocenters. The first-order valence-corrected chi connectivity index (χ1v) is 6.30. The second kappa shape index (κ2) is 5.82. The molecule has 5 heteroatoms. The molecule has 0 bridgehead atoms. The van der Waals surface area contributed by atoms with Gasteiger partial charge in [-0.25, -0.2) is 4.39 Å². The molecule has 1 aromatic carbocycles. The number of rotatable bonds is 3. The Labute approximate surface area is 110 Å². The number of carbonyl (C=O) groups excluding carboxylic acids is 2. The minimum absolute atomic E-state index is 0.102. The molecule has 102 valence electrons. The molecule has 1 amide bonds. The molecule has 1 aromatic rings. The zero-order valence-electron chi connectivity index (χ0n) is 10.7. The third kappa shape index (κ3) is 3.10. The molecular formula is C14H16FNO3. The van der Waals surface area contributed by atoms with Gasteiger partial charge in [-0.3, -0.25) is 9.59 Å². The lowest BCUT2D eigenvalue weighted by Gasteiger charge is -2.30. The highest BCUT2D eigenvalue weighted by molar-refractivity contribution is 5.83. The first-order chi connectivity index (χ1) is 9.11. The summed E-state index contributed by atoms with van der Waals surface area (Å²) in [5, 5.41) is 2.67. The van der Waals surface area contributed by atoms with Crippen molar-refractivity contribution in [3.63, 3.8) is 0 Å². The highest BCUT2D eigenvalue weighted by atomic mass is 19.1. The number of hydrogen-bond acceptors (Lipinski definition) is 3. The molecule has 0 saturated carbocycles. The van der Waals surface area contributed by atoms with Crippen molar-refractivity contribution in [2.45, 2.75) is 19.3 Å². The molecule has 1 fully saturated rings. The lowest BCUT2D eigenvalue weighted by molar-refractivity contribution is -0.150. The molecule has 0 radical (unpaired) electrons. The minimum Gasteiger partial charge on any atom is -0.466 e. The molecule has 1 saturated heterocycles. The van der Waals surface area contributed by atoms with Gasteiger partial charge in [0.05, 0.1) is 12.5 Å². The molecule has 0 spiro atoms. The topological polar surface area (TPSA) is 55.4 Å². The maximum Gasteiger partial charge on any atom is 0.311 e. The molecule has 0 aliphatic carbocycles. The molecule has 1 N–H and O–H groups in total. The van der Waals surface area contributed by atoms with Crippen molar-refractivity contribution in [1.29, 1.82) is 0 Å². The van der Waals surface area contributed by atoms with Crippen molar-refractivity contribution in [3.8, 4) is 0 Å². The summed E-state index contributed by atoms with van der Waals surface area (Å²) in [6.45, 7) is 2.31. The van der Waals surface area contributed by atoms with Crippen LogP contribution in [0.25, 0.3) is 0 Å². The summed E-state index contributed by atoms with van der Waals surface area (Å²) < 4.78 is 18.0. The fourth-order valence-corrected chi connectivity index (χ4v) is 2.34. The van der Waals surface area contributed by atoms with Crippen LogP contribution < -0.4 is 5.32 Å². The number of benzene rings is 1. The summed E-state index contributed by atoms with van der Waals surface area (Å²) in [5.41, 5.74) is 0.786. The van der Waals surface area contributed by atoms with Crippen LogP contribution in [0.4, 0.5) is 4.39 Å². The number of hydrogen-bond donors (Lipinski definition) is 1. The van der Waals surface area contributed by atoms with Crippen LogP contribution >= 0.6 is 0 Å². The molecule has 4 nitrogen and oxygen atoms in total. The SMILES string of the molecule is CCOC(=O)[C@H]1CNC(=O)C[C@H]1c1ccc(F)cc1. The van der Waals surface area contributed by atoms with Crippen LogP contribution in [0.2, 0.25) is 0 Å². The summed E-state index contributed by atoms with van der Waals surface area (Å²) in [6, 6.07) is 5.91. The van der Waals surface area contributed by atoms with Crippen LogP contribution in [-0.4, -0.2) is 25.0 Å². The molecule has 0 unspecified atom stereocenters. The number of carbonyl (C=O) groups is 2. The largest absolute Gasteiger partial charge is 0.466 e. The van der Waals surface area contributed by atoms with Gasteiger partial charge in [-0.1, -0.05) is 12.1 Å². The van der Waals surface area contributed by atoms with Gasteiger partial charge < -0.3 is 10.1 Å². The highest BCUT2D eigenvalue weighted by Gasteiger charge is 2.36. The van der Waals surface area contributed by atoms with E-state index in [0.29, 0.717) is 6.61 Å². The number of ether oxygens (including phenoxy) is 1. The Bertz CT molecular complexity index is 472. The Morgan fingerprint density at radius 1 is 1.42 bits per heavy atom. The molecule has 2 rings (SSSR count). The number of esters is 1. The Balaban J connectivity index is 2.23. The van der Waals surface area contributed by atoms with Crippen LogP contribution in [0.15, 0.2) is 24.3 Å². The normalized spacial score (nSPS) is 22.7. The van der Waals surface area contributed by atoms with Crippen LogP contribution in [-0.2, 0) is 14.3 Å². The first-order valence-electron chi connectivity index (χ1n) is 6.30. The van der Waals surface area contributed by atoms with Crippen LogP contribution in [0, 0.1) is 11.7 Å². The van der Waals surface area contributed by atoms with Crippen molar-refractivity contribution in [3.05, 3.63) is 35.6 Å². The highest BCUT2D eigenvalue weighted by Crippen LogP contribution is 2.31. The van der Waals surface area contributed by atoms with E-state index in [-0.39, 0.29) is 36.6 Å². The molecule has 1 aliphatic heterocycles. The zero-order chi connectivity index (χ0) is 13.8. The molecule has 0 aromatic heterocycles. The van der Waals surface area contributed by atoms with Crippen molar-refractivity contribution < 1.29 is 18.7 Å². The van der Waals surface area contributed by atoms with Gasteiger partial charge in [-0.2, -0.15) is 0 Å². The summed E-state index contributed by atoms with van der Waals surface area (Å²) >= 11 is 0. The Hall–Kier alpha value is -1.91. The first kappa shape index (κ1) is 13.5. The van der Waals surface area contributed by atoms with E-state index in [4.69, 9.17) is 4.74 Å². The van der Waals surface area contributed by atoms with E-state index in [2.05, 4.69) is 5.32 Å². The number of nitrogens with one attached hydrogen (secondary N) is 1. The van der Waals surface area contributed by atoms with E-state index in [1.165, 1.54) is 12.1 Å². The fourth-order valence-electron chi connectivity index (χ4n) is 2.34. The maximum atomic E-state index is 12.9. The van der Waals surface area contributed by atoms with E-state index in [9.17, 15) is 14.0 Å². The summed E-state index contributed by atoms with van der Waals surface area (Å²) in [7, 11) is 0. The van der Waals surface area contributed by atoms with E-state index in [1.807, 2.05) is 0 Å². The summed E-state index contributed by atoms with van der Waals surface area (Å²) in [4.78, 5) is 23.4. The van der Waals surface area contributed by atoms with Crippen LogP contribution in [0.5, 0.6) is 0 Å². The average molecular weight is 265 g/mol. The number of halogens is 1. The Morgan fingerprint density at radius 3 is 2.74 bits per heavy atom. The third-order valence-electron chi connectivity index (χ3n) is 3.30. The summed E-state index contributed by atoms with van der Waals surface area (Å²) in [6.07, 6.45) is 0.217. The van der Waals surface area contributed by atoms with Gasteiger partial charge in [-0.15, -0.1) is 0 Å². The standard InChI is InChI=1S/C14H16FNO3/c1-2-19-14(18)12-8-16-13(17)7-11(12)9-3-5-10(15)6-4-9/h3-6,11-12H,2,7-8H2,1H3,(H,16,17)/t11-,12-/m0/s1. The molecule has 1 aliphatic rings. The molecule has 19 heavy (non-hydrogen) atoms. The predicted molar refractivity (Wildman–Crippen MR) is 66.9 cm³/mol. The van der Waals surface area contributed by atoms with Crippen LogP contribution in [0.1, 0.15) is 24.8 Å². The van der Waals surface area contributed by atoms with Crippen molar-refractivity contribution >= 4 is 11.9 Å². The average Bonchev–Trinajstić information content (AvgIpc) is 2.39. The lowest BCUT2D eigenvalue weighted by Crippen LogP contribution is -2.43. The predicted octanol–water partition coefficient (Wildman–Crippen LogP) is 1.61. The van der Waals surface area contributed by atoms with Gasteiger partial charge in [0.15, 0.2) is 0 Å². The zero-order valence-corrected chi connectivity index (χ0v) is 10.7. The Morgan fingerprint density at radius 2 is 2.11 bits per heavy atom. The van der Waals surface area contributed by atoms with Gasteiger partial charge >= 0.3 is 5.97 Å².